The summed E-state index contributed by atoms with van der Waals surface area (Å²) in [6.07, 6.45) is 3.05. The number of hydrogen-bond acceptors (Lipinski definition) is 3. The molecule has 0 amide bonds. The molecule has 1 N–H and O–H groups in total. The van der Waals surface area contributed by atoms with Crippen LogP contribution in [0.25, 0.3) is 0 Å². The molecule has 0 unspecified atom stereocenters. The van der Waals surface area contributed by atoms with Crippen molar-refractivity contribution in [2.75, 3.05) is 32.2 Å². The number of rotatable bonds is 7. The van der Waals surface area contributed by atoms with Crippen LogP contribution in [0.1, 0.15) is 19.3 Å². The van der Waals surface area contributed by atoms with Gasteiger partial charge in [-0.3, -0.25) is 0 Å². The van der Waals surface area contributed by atoms with Crippen LogP contribution in [0, 0.1) is 0 Å². The van der Waals surface area contributed by atoms with Crippen molar-refractivity contribution in [2.24, 2.45) is 0 Å². The zero-order valence-electron chi connectivity index (χ0n) is 10.1. The molecule has 0 radical (unpaired) electrons. The number of methoxy groups -OCH3 is 1. The van der Waals surface area contributed by atoms with Gasteiger partial charge in [0.15, 0.2) is 0 Å². The number of hydrogen-bond donors (Lipinski definition) is 1. The Labute approximate surface area is 97.7 Å². The summed E-state index contributed by atoms with van der Waals surface area (Å²) in [6.45, 7) is 1.28. The number of ether oxygens (including phenoxy) is 1. The van der Waals surface area contributed by atoms with Gasteiger partial charge in [-0.15, -0.1) is 0 Å². The van der Waals surface area contributed by atoms with Gasteiger partial charge in [-0.1, -0.05) is 12.1 Å². The van der Waals surface area contributed by atoms with E-state index in [1.807, 2.05) is 18.2 Å². The lowest BCUT2D eigenvalue weighted by Crippen LogP contribution is -2.19. The molecule has 1 aromatic rings. The molecule has 0 spiro atoms. The van der Waals surface area contributed by atoms with Crippen molar-refractivity contribution in [3.63, 3.8) is 0 Å². The van der Waals surface area contributed by atoms with E-state index in [1.165, 1.54) is 0 Å². The number of aliphatic hydroxyl groups is 1. The maximum atomic E-state index is 8.70. The zero-order valence-corrected chi connectivity index (χ0v) is 10.1. The third-order valence-corrected chi connectivity index (χ3v) is 2.65. The number of benzene rings is 1. The molecule has 0 bridgehead atoms. The van der Waals surface area contributed by atoms with Crippen LogP contribution in [-0.2, 0) is 0 Å². The molecular weight excluding hydrogens is 202 g/mol. The maximum Gasteiger partial charge on any atom is 0.142 e. The molecule has 0 aliphatic rings. The number of unbranched alkanes of at least 4 members (excludes halogenated alkanes) is 2. The molecule has 0 aromatic heterocycles. The largest absolute Gasteiger partial charge is 0.495 e. The SMILES string of the molecule is COc1ccccc1N(C)CCCCCO. The molecule has 3 heteroatoms. The minimum atomic E-state index is 0.290. The van der Waals surface area contributed by atoms with Crippen LogP contribution in [0.5, 0.6) is 5.75 Å². The van der Waals surface area contributed by atoms with E-state index in [1.54, 1.807) is 7.11 Å². The van der Waals surface area contributed by atoms with Gasteiger partial charge in [0.2, 0.25) is 0 Å². The first-order chi connectivity index (χ1) is 7.79. The third kappa shape index (κ3) is 3.74. The van der Waals surface area contributed by atoms with E-state index in [2.05, 4.69) is 18.0 Å². The molecule has 1 aromatic carbocycles. The lowest BCUT2D eigenvalue weighted by Gasteiger charge is -2.21. The lowest BCUT2D eigenvalue weighted by atomic mass is 10.2. The summed E-state index contributed by atoms with van der Waals surface area (Å²) in [5.41, 5.74) is 1.12. The van der Waals surface area contributed by atoms with Gasteiger partial charge in [0.25, 0.3) is 0 Å². The Hall–Kier alpha value is -1.22. The fourth-order valence-electron chi connectivity index (χ4n) is 1.70. The molecule has 0 saturated heterocycles. The molecule has 0 fully saturated rings. The Balaban J connectivity index is 2.48. The molecule has 16 heavy (non-hydrogen) atoms. The normalized spacial score (nSPS) is 10.2. The summed E-state index contributed by atoms with van der Waals surface area (Å²) in [6, 6.07) is 8.02. The molecule has 90 valence electrons. The van der Waals surface area contributed by atoms with E-state index in [0.717, 1.165) is 37.2 Å². The minimum Gasteiger partial charge on any atom is -0.495 e. The summed E-state index contributed by atoms with van der Waals surface area (Å²) in [4.78, 5) is 2.19. The van der Waals surface area contributed by atoms with Crippen molar-refractivity contribution in [1.29, 1.82) is 0 Å². The first-order valence-corrected chi connectivity index (χ1v) is 5.74. The average Bonchev–Trinajstić information content (AvgIpc) is 2.34. The Morgan fingerprint density at radius 1 is 1.19 bits per heavy atom. The Kier molecular flexibility index (Phi) is 5.72. The van der Waals surface area contributed by atoms with E-state index >= 15 is 0 Å². The van der Waals surface area contributed by atoms with Crippen molar-refractivity contribution in [1.82, 2.24) is 0 Å². The highest BCUT2D eigenvalue weighted by atomic mass is 16.5. The number of anilines is 1. The Morgan fingerprint density at radius 3 is 2.62 bits per heavy atom. The summed E-state index contributed by atoms with van der Waals surface area (Å²) < 4.78 is 5.31. The molecule has 0 atom stereocenters. The second kappa shape index (κ2) is 7.12. The first kappa shape index (κ1) is 12.8. The van der Waals surface area contributed by atoms with Gasteiger partial charge in [0, 0.05) is 20.2 Å². The predicted molar refractivity (Wildman–Crippen MR) is 67.2 cm³/mol. The Bertz CT molecular complexity index is 302. The average molecular weight is 223 g/mol. The topological polar surface area (TPSA) is 32.7 Å². The van der Waals surface area contributed by atoms with Gasteiger partial charge in [-0.05, 0) is 31.4 Å². The summed E-state index contributed by atoms with van der Waals surface area (Å²) >= 11 is 0. The zero-order chi connectivity index (χ0) is 11.8. The van der Waals surface area contributed by atoms with Crippen molar-refractivity contribution in [3.8, 4) is 5.75 Å². The predicted octanol–water partition coefficient (Wildman–Crippen LogP) is 2.29. The van der Waals surface area contributed by atoms with E-state index in [0.29, 0.717) is 6.61 Å². The highest BCUT2D eigenvalue weighted by molar-refractivity contribution is 5.57. The molecule has 0 aliphatic carbocycles. The highest BCUT2D eigenvalue weighted by Gasteiger charge is 2.06. The van der Waals surface area contributed by atoms with Gasteiger partial charge in [-0.25, -0.2) is 0 Å². The van der Waals surface area contributed by atoms with Crippen LogP contribution in [0.15, 0.2) is 24.3 Å². The monoisotopic (exact) mass is 223 g/mol. The van der Waals surface area contributed by atoms with Crippen molar-refractivity contribution in [3.05, 3.63) is 24.3 Å². The summed E-state index contributed by atoms with van der Waals surface area (Å²) in [7, 11) is 3.76. The molecule has 1 rings (SSSR count). The molecule has 0 aliphatic heterocycles. The van der Waals surface area contributed by atoms with E-state index in [4.69, 9.17) is 9.84 Å². The quantitative estimate of drug-likeness (QED) is 0.720. The van der Waals surface area contributed by atoms with Crippen LogP contribution in [0.2, 0.25) is 0 Å². The van der Waals surface area contributed by atoms with Crippen molar-refractivity contribution in [2.45, 2.75) is 19.3 Å². The van der Waals surface area contributed by atoms with Gasteiger partial charge < -0.3 is 14.7 Å². The van der Waals surface area contributed by atoms with Gasteiger partial charge in [0.1, 0.15) is 5.75 Å². The van der Waals surface area contributed by atoms with Crippen LogP contribution in [-0.4, -0.2) is 32.4 Å². The summed E-state index contributed by atoms with van der Waals surface area (Å²) in [5.74, 6) is 0.909. The second-order valence-electron chi connectivity index (χ2n) is 3.88. The Morgan fingerprint density at radius 2 is 1.94 bits per heavy atom. The van der Waals surface area contributed by atoms with Gasteiger partial charge >= 0.3 is 0 Å². The fraction of sp³-hybridized carbons (Fsp3) is 0.538. The van der Waals surface area contributed by atoms with Crippen molar-refractivity contribution >= 4 is 5.69 Å². The molecule has 3 nitrogen and oxygen atoms in total. The third-order valence-electron chi connectivity index (χ3n) is 2.65. The van der Waals surface area contributed by atoms with Crippen molar-refractivity contribution < 1.29 is 9.84 Å². The van der Waals surface area contributed by atoms with Crippen LogP contribution in [0.3, 0.4) is 0 Å². The summed E-state index contributed by atoms with van der Waals surface area (Å²) in [5, 5.41) is 8.70. The number of aliphatic hydroxyl groups excluding tert-OH is 1. The van der Waals surface area contributed by atoms with E-state index in [-0.39, 0.29) is 0 Å². The highest BCUT2D eigenvalue weighted by Crippen LogP contribution is 2.26. The maximum absolute atomic E-state index is 8.70. The van der Waals surface area contributed by atoms with Crippen LogP contribution >= 0.6 is 0 Å². The smallest absolute Gasteiger partial charge is 0.142 e. The second-order valence-corrected chi connectivity index (χ2v) is 3.88. The van der Waals surface area contributed by atoms with E-state index in [9.17, 15) is 0 Å². The number of para-hydroxylation sites is 2. The molecule has 0 heterocycles. The van der Waals surface area contributed by atoms with Gasteiger partial charge in [-0.2, -0.15) is 0 Å². The van der Waals surface area contributed by atoms with Gasteiger partial charge in [0.05, 0.1) is 12.8 Å². The van der Waals surface area contributed by atoms with Crippen LogP contribution in [0.4, 0.5) is 5.69 Å². The lowest BCUT2D eigenvalue weighted by molar-refractivity contribution is 0.283. The standard InChI is InChI=1S/C13H21NO2/c1-14(10-6-3-7-11-15)12-8-4-5-9-13(12)16-2/h4-5,8-9,15H,3,6-7,10-11H2,1-2H3. The van der Waals surface area contributed by atoms with Crippen LogP contribution < -0.4 is 9.64 Å². The minimum absolute atomic E-state index is 0.290. The first-order valence-electron chi connectivity index (χ1n) is 5.74. The van der Waals surface area contributed by atoms with E-state index < -0.39 is 0 Å². The number of nitrogens with zero attached hydrogens (tertiary/aromatic N) is 1. The molecular formula is C13H21NO2. The molecule has 0 saturated carbocycles. The fourth-order valence-corrected chi connectivity index (χ4v) is 1.70.